The Hall–Kier alpha value is -3.55. The zero-order valence-electron chi connectivity index (χ0n) is 17.6. The number of ether oxygens (including phenoxy) is 2. The molecule has 8 nitrogen and oxygen atoms in total. The molecule has 2 aromatic rings. The summed E-state index contributed by atoms with van der Waals surface area (Å²) < 4.78 is 10.7. The summed E-state index contributed by atoms with van der Waals surface area (Å²) in [4.78, 5) is 39.7. The van der Waals surface area contributed by atoms with Crippen molar-refractivity contribution in [3.63, 3.8) is 0 Å². The van der Waals surface area contributed by atoms with Crippen LogP contribution < -0.4 is 14.8 Å². The molecule has 0 radical (unpaired) electrons. The van der Waals surface area contributed by atoms with Gasteiger partial charge >= 0.3 is 6.03 Å². The average Bonchev–Trinajstić information content (AvgIpc) is 3.41. The number of amides is 4. The molecular formula is C23H25N3O5. The average molecular weight is 423 g/mol. The number of benzene rings is 2. The Labute approximate surface area is 180 Å². The van der Waals surface area contributed by atoms with E-state index in [1.54, 1.807) is 38.5 Å². The normalized spacial score (nSPS) is 18.3. The Balaban J connectivity index is 1.49. The highest BCUT2D eigenvalue weighted by Gasteiger charge is 2.32. The molecule has 1 N–H and O–H groups in total. The van der Waals surface area contributed by atoms with Crippen LogP contribution in [0, 0.1) is 0 Å². The van der Waals surface area contributed by atoms with Gasteiger partial charge in [-0.3, -0.25) is 14.5 Å². The molecule has 0 saturated carbocycles. The maximum absolute atomic E-state index is 13.2. The van der Waals surface area contributed by atoms with Crippen molar-refractivity contribution in [1.82, 2.24) is 15.1 Å². The summed E-state index contributed by atoms with van der Waals surface area (Å²) in [6, 6.07) is 12.4. The van der Waals surface area contributed by atoms with E-state index in [9.17, 15) is 14.4 Å². The molecule has 8 heteroatoms. The molecule has 0 aromatic heterocycles. The first-order chi connectivity index (χ1) is 15.0. The summed E-state index contributed by atoms with van der Waals surface area (Å²) in [5, 5.41) is 2.50. The molecule has 1 unspecified atom stereocenters. The van der Waals surface area contributed by atoms with Gasteiger partial charge in [-0.25, -0.2) is 4.79 Å². The van der Waals surface area contributed by atoms with Crippen molar-refractivity contribution < 1.29 is 23.9 Å². The van der Waals surface area contributed by atoms with Gasteiger partial charge in [0.2, 0.25) is 5.91 Å². The molecule has 2 heterocycles. The molecule has 2 aliphatic heterocycles. The van der Waals surface area contributed by atoms with Crippen LogP contribution in [0.2, 0.25) is 0 Å². The highest BCUT2D eigenvalue weighted by Crippen LogP contribution is 2.37. The fourth-order valence-electron chi connectivity index (χ4n) is 4.13. The summed E-state index contributed by atoms with van der Waals surface area (Å²) in [5.41, 5.74) is 2.38. The standard InChI is InChI=1S/C23H25N3O5/c1-30-19-10-9-17(12-20(19)31-2)18-4-3-11-25(18)22(28)16-7-5-15(6-8-16)14-26-21(27)13-24-23(26)29/h5-10,12,18H,3-4,11,13-14H2,1-2H3,(H,24,29). The van der Waals surface area contributed by atoms with Crippen molar-refractivity contribution >= 4 is 17.8 Å². The van der Waals surface area contributed by atoms with E-state index in [1.165, 1.54) is 4.90 Å². The third kappa shape index (κ3) is 4.05. The van der Waals surface area contributed by atoms with Crippen molar-refractivity contribution in [1.29, 1.82) is 0 Å². The van der Waals surface area contributed by atoms with Crippen molar-refractivity contribution in [2.45, 2.75) is 25.4 Å². The SMILES string of the molecule is COc1ccc(C2CCCN2C(=O)c2ccc(CN3C(=O)CNC3=O)cc2)cc1OC. The number of hydrogen-bond acceptors (Lipinski definition) is 5. The van der Waals surface area contributed by atoms with Gasteiger partial charge in [-0.1, -0.05) is 18.2 Å². The van der Waals surface area contributed by atoms with Crippen LogP contribution in [0.4, 0.5) is 4.79 Å². The highest BCUT2D eigenvalue weighted by atomic mass is 16.5. The number of hydrogen-bond donors (Lipinski definition) is 1. The number of urea groups is 1. The van der Waals surface area contributed by atoms with E-state index in [0.29, 0.717) is 23.6 Å². The number of methoxy groups -OCH3 is 2. The molecule has 162 valence electrons. The van der Waals surface area contributed by atoms with Gasteiger partial charge in [0.15, 0.2) is 11.5 Å². The number of rotatable bonds is 6. The Bertz CT molecular complexity index is 989. The lowest BCUT2D eigenvalue weighted by Gasteiger charge is -2.26. The Morgan fingerprint density at radius 1 is 1.06 bits per heavy atom. The second-order valence-corrected chi connectivity index (χ2v) is 7.61. The van der Waals surface area contributed by atoms with E-state index in [0.717, 1.165) is 24.0 Å². The first-order valence-corrected chi connectivity index (χ1v) is 10.2. The largest absolute Gasteiger partial charge is 0.493 e. The van der Waals surface area contributed by atoms with Gasteiger partial charge in [0, 0.05) is 12.1 Å². The lowest BCUT2D eigenvalue weighted by Crippen LogP contribution is -2.31. The molecule has 0 aliphatic carbocycles. The molecule has 1 atom stereocenters. The molecule has 0 spiro atoms. The zero-order chi connectivity index (χ0) is 22.0. The predicted molar refractivity (Wildman–Crippen MR) is 113 cm³/mol. The molecule has 4 amide bonds. The first kappa shape index (κ1) is 20.7. The Morgan fingerprint density at radius 2 is 1.81 bits per heavy atom. The van der Waals surface area contributed by atoms with E-state index in [-0.39, 0.29) is 37.0 Å². The molecule has 2 saturated heterocycles. The van der Waals surface area contributed by atoms with Crippen LogP contribution >= 0.6 is 0 Å². The highest BCUT2D eigenvalue weighted by molar-refractivity contribution is 6.01. The molecule has 31 heavy (non-hydrogen) atoms. The van der Waals surface area contributed by atoms with Crippen molar-refractivity contribution in [3.8, 4) is 11.5 Å². The summed E-state index contributed by atoms with van der Waals surface area (Å²) in [6.07, 6.45) is 1.81. The van der Waals surface area contributed by atoms with Crippen molar-refractivity contribution in [2.75, 3.05) is 27.3 Å². The number of imide groups is 1. The summed E-state index contributed by atoms with van der Waals surface area (Å²) >= 11 is 0. The van der Waals surface area contributed by atoms with Crippen LogP contribution in [0.1, 0.15) is 40.4 Å². The maximum atomic E-state index is 13.2. The minimum atomic E-state index is -0.389. The van der Waals surface area contributed by atoms with Gasteiger partial charge in [0.1, 0.15) is 0 Å². The molecular weight excluding hydrogens is 398 g/mol. The van der Waals surface area contributed by atoms with Crippen LogP contribution in [0.15, 0.2) is 42.5 Å². The molecule has 4 rings (SSSR count). The molecule has 2 aromatic carbocycles. The summed E-state index contributed by atoms with van der Waals surface area (Å²) in [7, 11) is 3.19. The monoisotopic (exact) mass is 423 g/mol. The predicted octanol–water partition coefficient (Wildman–Crippen LogP) is 2.73. The Morgan fingerprint density at radius 3 is 2.45 bits per heavy atom. The van der Waals surface area contributed by atoms with Crippen molar-refractivity contribution in [2.24, 2.45) is 0 Å². The van der Waals surface area contributed by atoms with Gasteiger partial charge in [-0.15, -0.1) is 0 Å². The van der Waals surface area contributed by atoms with E-state index >= 15 is 0 Å². The molecule has 2 fully saturated rings. The van der Waals surface area contributed by atoms with E-state index < -0.39 is 0 Å². The maximum Gasteiger partial charge on any atom is 0.324 e. The van der Waals surface area contributed by atoms with Crippen LogP contribution in [0.25, 0.3) is 0 Å². The number of carbonyl (C=O) groups is 3. The second-order valence-electron chi connectivity index (χ2n) is 7.61. The summed E-state index contributed by atoms with van der Waals surface area (Å²) in [6.45, 7) is 0.904. The van der Waals surface area contributed by atoms with E-state index in [4.69, 9.17) is 9.47 Å². The smallest absolute Gasteiger partial charge is 0.324 e. The third-order valence-electron chi connectivity index (χ3n) is 5.78. The minimum Gasteiger partial charge on any atom is -0.493 e. The van der Waals surface area contributed by atoms with Crippen LogP contribution in [-0.4, -0.2) is 55.0 Å². The number of nitrogens with one attached hydrogen (secondary N) is 1. The fourth-order valence-corrected chi connectivity index (χ4v) is 4.13. The second kappa shape index (κ2) is 8.67. The number of carbonyl (C=O) groups excluding carboxylic acids is 3. The van der Waals surface area contributed by atoms with Crippen LogP contribution in [0.5, 0.6) is 11.5 Å². The van der Waals surface area contributed by atoms with E-state index in [1.807, 2.05) is 23.1 Å². The third-order valence-corrected chi connectivity index (χ3v) is 5.78. The summed E-state index contributed by atoms with van der Waals surface area (Å²) in [5.74, 6) is 1.01. The van der Waals surface area contributed by atoms with Gasteiger partial charge in [-0.2, -0.15) is 0 Å². The number of nitrogens with zero attached hydrogens (tertiary/aromatic N) is 2. The molecule has 0 bridgehead atoms. The lowest BCUT2D eigenvalue weighted by atomic mass is 10.0. The van der Waals surface area contributed by atoms with Gasteiger partial charge in [-0.05, 0) is 48.2 Å². The first-order valence-electron chi connectivity index (χ1n) is 10.2. The zero-order valence-corrected chi connectivity index (χ0v) is 17.6. The van der Waals surface area contributed by atoms with Gasteiger partial charge < -0.3 is 19.7 Å². The van der Waals surface area contributed by atoms with Crippen LogP contribution in [-0.2, 0) is 11.3 Å². The minimum absolute atomic E-state index is 0.0297. The van der Waals surface area contributed by atoms with Crippen molar-refractivity contribution in [3.05, 3.63) is 59.2 Å². The Kier molecular flexibility index (Phi) is 5.79. The topological polar surface area (TPSA) is 88.2 Å². The van der Waals surface area contributed by atoms with Crippen LogP contribution in [0.3, 0.4) is 0 Å². The van der Waals surface area contributed by atoms with Gasteiger partial charge in [0.25, 0.3) is 5.91 Å². The fraction of sp³-hybridized carbons (Fsp3) is 0.348. The lowest BCUT2D eigenvalue weighted by molar-refractivity contribution is -0.125. The quantitative estimate of drug-likeness (QED) is 0.722. The number of likely N-dealkylation sites (tertiary alicyclic amines) is 1. The van der Waals surface area contributed by atoms with Gasteiger partial charge in [0.05, 0.1) is 33.4 Å². The molecule has 2 aliphatic rings. The van der Waals surface area contributed by atoms with E-state index in [2.05, 4.69) is 5.32 Å².